The molecule has 0 aliphatic heterocycles. The molecule has 0 spiro atoms. The van der Waals surface area contributed by atoms with Crippen LogP contribution in [0.15, 0.2) is 42.5 Å². The van der Waals surface area contributed by atoms with Crippen LogP contribution in [0.2, 0.25) is 0 Å². The fraction of sp³-hybridized carbons (Fsp3) is 0. The maximum Gasteiger partial charge on any atom is 0.0940 e. The van der Waals surface area contributed by atoms with E-state index >= 15 is 0 Å². The molecule has 4 N–H and O–H groups in total. The summed E-state index contributed by atoms with van der Waals surface area (Å²) >= 11 is 0. The van der Waals surface area contributed by atoms with E-state index in [1.54, 1.807) is 6.07 Å². The fourth-order valence-corrected chi connectivity index (χ4v) is 1.94. The highest BCUT2D eigenvalue weighted by Crippen LogP contribution is 2.26. The van der Waals surface area contributed by atoms with E-state index in [-0.39, 0.29) is 12.4 Å². The predicted molar refractivity (Wildman–Crippen MR) is 75.3 cm³/mol. The van der Waals surface area contributed by atoms with Gasteiger partial charge in [-0.05, 0) is 24.3 Å². The van der Waals surface area contributed by atoms with Crippen LogP contribution >= 0.6 is 12.4 Å². The van der Waals surface area contributed by atoms with E-state index < -0.39 is 0 Å². The minimum Gasteiger partial charge on any atom is -0.399 e. The molecule has 4 heteroatoms. The van der Waals surface area contributed by atoms with Gasteiger partial charge in [-0.3, -0.25) is 0 Å². The van der Waals surface area contributed by atoms with E-state index in [0.717, 1.165) is 21.8 Å². The Labute approximate surface area is 105 Å². The van der Waals surface area contributed by atoms with Crippen LogP contribution in [0.5, 0.6) is 0 Å². The van der Waals surface area contributed by atoms with E-state index in [4.69, 9.17) is 11.5 Å². The molecule has 0 aliphatic carbocycles. The largest absolute Gasteiger partial charge is 0.399 e. The Bertz CT molecular complexity index is 695. The second-order valence-electron chi connectivity index (χ2n) is 3.86. The van der Waals surface area contributed by atoms with Gasteiger partial charge in [-0.2, -0.15) is 0 Å². The van der Waals surface area contributed by atoms with Crippen LogP contribution in [0, 0.1) is 0 Å². The third-order valence-corrected chi connectivity index (χ3v) is 2.67. The van der Waals surface area contributed by atoms with Crippen molar-refractivity contribution in [2.75, 3.05) is 11.5 Å². The second kappa shape index (κ2) is 4.11. The maximum atomic E-state index is 5.91. The molecule has 3 rings (SSSR count). The molecule has 0 saturated carbocycles. The molecule has 3 aromatic rings. The van der Waals surface area contributed by atoms with Crippen LogP contribution in [0.25, 0.3) is 21.8 Å². The van der Waals surface area contributed by atoms with Gasteiger partial charge in [0, 0.05) is 16.5 Å². The monoisotopic (exact) mass is 245 g/mol. The van der Waals surface area contributed by atoms with Crippen LogP contribution < -0.4 is 11.5 Å². The molecule has 1 aromatic heterocycles. The fourth-order valence-electron chi connectivity index (χ4n) is 1.94. The number of halogens is 1. The number of para-hydroxylation sites is 1. The second-order valence-corrected chi connectivity index (χ2v) is 3.86. The summed E-state index contributed by atoms with van der Waals surface area (Å²) in [6, 6.07) is 13.7. The average molecular weight is 246 g/mol. The minimum absolute atomic E-state index is 0. The van der Waals surface area contributed by atoms with Crippen molar-refractivity contribution in [3.8, 4) is 0 Å². The lowest BCUT2D eigenvalue weighted by atomic mass is 10.1. The molecular weight excluding hydrogens is 234 g/mol. The normalized spacial score (nSPS) is 10.4. The van der Waals surface area contributed by atoms with Crippen molar-refractivity contribution in [3.63, 3.8) is 0 Å². The van der Waals surface area contributed by atoms with Crippen molar-refractivity contribution in [2.45, 2.75) is 0 Å². The maximum absolute atomic E-state index is 5.91. The van der Waals surface area contributed by atoms with Crippen LogP contribution in [0.4, 0.5) is 11.4 Å². The SMILES string of the molecule is Cl.Nc1cc(N)c2nc3ccccc3cc2c1. The first kappa shape index (κ1) is 11.5. The van der Waals surface area contributed by atoms with Gasteiger partial charge in [-0.15, -0.1) is 12.4 Å². The van der Waals surface area contributed by atoms with Crippen LogP contribution in [0.3, 0.4) is 0 Å². The third-order valence-electron chi connectivity index (χ3n) is 2.67. The van der Waals surface area contributed by atoms with Crippen molar-refractivity contribution in [1.82, 2.24) is 4.98 Å². The summed E-state index contributed by atoms with van der Waals surface area (Å²) < 4.78 is 0. The summed E-state index contributed by atoms with van der Waals surface area (Å²) in [5, 5.41) is 2.08. The molecule has 0 unspecified atom stereocenters. The van der Waals surface area contributed by atoms with Crippen molar-refractivity contribution >= 4 is 45.6 Å². The van der Waals surface area contributed by atoms with E-state index in [1.165, 1.54) is 0 Å². The highest BCUT2D eigenvalue weighted by atomic mass is 35.5. The number of benzene rings is 2. The van der Waals surface area contributed by atoms with Gasteiger partial charge in [0.05, 0.1) is 16.7 Å². The molecular formula is C13H12ClN3. The molecule has 17 heavy (non-hydrogen) atoms. The summed E-state index contributed by atoms with van der Waals surface area (Å²) in [7, 11) is 0. The topological polar surface area (TPSA) is 64.9 Å². The van der Waals surface area contributed by atoms with Gasteiger partial charge in [0.25, 0.3) is 0 Å². The molecule has 0 fully saturated rings. The Morgan fingerprint density at radius 2 is 1.65 bits per heavy atom. The lowest BCUT2D eigenvalue weighted by molar-refractivity contribution is 1.50. The highest BCUT2D eigenvalue weighted by Gasteiger charge is 2.03. The molecule has 0 aliphatic rings. The van der Waals surface area contributed by atoms with Crippen molar-refractivity contribution in [1.29, 1.82) is 0 Å². The number of nitrogens with zero attached hydrogens (tertiary/aromatic N) is 1. The molecule has 1 heterocycles. The molecule has 0 radical (unpaired) electrons. The van der Waals surface area contributed by atoms with Gasteiger partial charge in [0.2, 0.25) is 0 Å². The predicted octanol–water partition coefficient (Wildman–Crippen LogP) is 2.97. The first-order valence-electron chi connectivity index (χ1n) is 5.08. The number of aromatic nitrogens is 1. The van der Waals surface area contributed by atoms with Gasteiger partial charge in [0.1, 0.15) is 0 Å². The van der Waals surface area contributed by atoms with Crippen LogP contribution in [-0.2, 0) is 0 Å². The first-order valence-corrected chi connectivity index (χ1v) is 5.08. The number of nitrogens with two attached hydrogens (primary N) is 2. The number of pyridine rings is 1. The third kappa shape index (κ3) is 1.85. The summed E-state index contributed by atoms with van der Waals surface area (Å²) in [6.45, 7) is 0. The zero-order valence-electron chi connectivity index (χ0n) is 9.05. The molecule has 0 atom stereocenters. The van der Waals surface area contributed by atoms with E-state index in [2.05, 4.69) is 11.1 Å². The van der Waals surface area contributed by atoms with Crippen molar-refractivity contribution < 1.29 is 0 Å². The Kier molecular flexibility index (Phi) is 2.77. The van der Waals surface area contributed by atoms with Crippen LogP contribution in [0.1, 0.15) is 0 Å². The van der Waals surface area contributed by atoms with E-state index in [0.29, 0.717) is 11.4 Å². The number of rotatable bonds is 0. The zero-order chi connectivity index (χ0) is 11.1. The van der Waals surface area contributed by atoms with Crippen molar-refractivity contribution in [3.05, 3.63) is 42.5 Å². The van der Waals surface area contributed by atoms with Gasteiger partial charge < -0.3 is 11.5 Å². The number of hydrogen-bond acceptors (Lipinski definition) is 3. The minimum atomic E-state index is 0. The standard InChI is InChI=1S/C13H11N3.ClH/c14-10-6-9-5-8-3-1-2-4-12(8)16-13(9)11(15)7-10;/h1-7H,14-15H2;1H. The van der Waals surface area contributed by atoms with Gasteiger partial charge in [-0.25, -0.2) is 4.98 Å². The number of nitrogen functional groups attached to an aromatic ring is 2. The lowest BCUT2D eigenvalue weighted by Gasteiger charge is -2.05. The lowest BCUT2D eigenvalue weighted by Crippen LogP contribution is -1.93. The molecule has 0 amide bonds. The molecule has 0 bridgehead atoms. The van der Waals surface area contributed by atoms with E-state index in [1.807, 2.05) is 30.3 Å². The van der Waals surface area contributed by atoms with Gasteiger partial charge >= 0.3 is 0 Å². The quantitative estimate of drug-likeness (QED) is 0.473. The highest BCUT2D eigenvalue weighted by molar-refractivity contribution is 5.99. The summed E-state index contributed by atoms with van der Waals surface area (Å²) in [5.41, 5.74) is 14.7. The Hall–Kier alpha value is -2.00. The van der Waals surface area contributed by atoms with Gasteiger partial charge in [-0.1, -0.05) is 18.2 Å². The molecule has 0 saturated heterocycles. The Morgan fingerprint density at radius 3 is 2.47 bits per heavy atom. The van der Waals surface area contributed by atoms with E-state index in [9.17, 15) is 0 Å². The average Bonchev–Trinajstić information content (AvgIpc) is 2.27. The number of hydrogen-bond donors (Lipinski definition) is 2. The summed E-state index contributed by atoms with van der Waals surface area (Å²) in [4.78, 5) is 4.54. The molecule has 86 valence electrons. The molecule has 3 nitrogen and oxygen atoms in total. The number of fused-ring (bicyclic) bond motifs is 2. The zero-order valence-corrected chi connectivity index (χ0v) is 9.87. The van der Waals surface area contributed by atoms with Crippen LogP contribution in [-0.4, -0.2) is 4.98 Å². The number of anilines is 2. The molecule has 2 aromatic carbocycles. The Balaban J connectivity index is 0.00000108. The first-order chi connectivity index (χ1) is 7.74. The van der Waals surface area contributed by atoms with Crippen molar-refractivity contribution in [2.24, 2.45) is 0 Å². The van der Waals surface area contributed by atoms with Gasteiger partial charge in [0.15, 0.2) is 0 Å². The summed E-state index contributed by atoms with van der Waals surface area (Å²) in [6.07, 6.45) is 0. The summed E-state index contributed by atoms with van der Waals surface area (Å²) in [5.74, 6) is 0. The Morgan fingerprint density at radius 1 is 0.882 bits per heavy atom. The smallest absolute Gasteiger partial charge is 0.0940 e.